The second-order valence-corrected chi connectivity index (χ2v) is 6.09. The smallest absolute Gasteiger partial charge is 0.335 e. The number of aromatic nitrogens is 2. The van der Waals surface area contributed by atoms with Crippen LogP contribution in [-0.2, 0) is 0 Å². The minimum atomic E-state index is -0.945. The lowest BCUT2D eigenvalue weighted by atomic mass is 9.97. The largest absolute Gasteiger partial charge is 0.478 e. The Morgan fingerprint density at radius 2 is 1.56 bits per heavy atom. The number of nitrogens with zero attached hydrogens (tertiary/aromatic N) is 2. The van der Waals surface area contributed by atoms with Crippen LogP contribution in [0, 0.1) is 20.8 Å². The van der Waals surface area contributed by atoms with E-state index in [0.717, 1.165) is 16.9 Å². The standard InChI is InChI=1S/C20H19N3O2/c1-12-10-13(2)19(14(3)11-12)17-8-9-18(23-22-17)21-16-6-4-15(5-7-16)20(24)25/h4-11H,1-3H3,(H,21,23)(H,24,25). The highest BCUT2D eigenvalue weighted by Crippen LogP contribution is 2.27. The van der Waals surface area contributed by atoms with Crippen molar-refractivity contribution < 1.29 is 9.90 Å². The predicted octanol–water partition coefficient (Wildman–Crippen LogP) is 4.51. The number of carboxylic acids is 1. The van der Waals surface area contributed by atoms with Gasteiger partial charge in [0.2, 0.25) is 0 Å². The lowest BCUT2D eigenvalue weighted by molar-refractivity contribution is 0.0697. The molecule has 5 nitrogen and oxygen atoms in total. The van der Waals surface area contributed by atoms with E-state index in [1.54, 1.807) is 24.3 Å². The van der Waals surface area contributed by atoms with Crippen molar-refractivity contribution in [3.05, 3.63) is 70.8 Å². The Morgan fingerprint density at radius 1 is 0.920 bits per heavy atom. The molecule has 2 N–H and O–H groups in total. The van der Waals surface area contributed by atoms with Crippen LogP contribution in [0.2, 0.25) is 0 Å². The maximum atomic E-state index is 10.9. The molecule has 0 saturated carbocycles. The predicted molar refractivity (Wildman–Crippen MR) is 98.4 cm³/mol. The topological polar surface area (TPSA) is 75.1 Å². The average molecular weight is 333 g/mol. The van der Waals surface area contributed by atoms with E-state index in [2.05, 4.69) is 48.4 Å². The highest BCUT2D eigenvalue weighted by molar-refractivity contribution is 5.88. The minimum Gasteiger partial charge on any atom is -0.478 e. The van der Waals surface area contributed by atoms with Crippen LogP contribution in [0.15, 0.2) is 48.5 Å². The summed E-state index contributed by atoms with van der Waals surface area (Å²) in [5.74, 6) is -0.339. The Balaban J connectivity index is 1.82. The first-order valence-corrected chi connectivity index (χ1v) is 7.96. The molecule has 2 aromatic carbocycles. The third-order valence-electron chi connectivity index (χ3n) is 4.00. The van der Waals surface area contributed by atoms with E-state index in [1.807, 2.05) is 12.1 Å². The van der Waals surface area contributed by atoms with Gasteiger partial charge in [-0.05, 0) is 68.3 Å². The number of aryl methyl sites for hydroxylation is 3. The molecule has 0 fully saturated rings. The Hall–Kier alpha value is -3.21. The van der Waals surface area contributed by atoms with E-state index in [0.29, 0.717) is 5.82 Å². The van der Waals surface area contributed by atoms with Crippen LogP contribution in [0.5, 0.6) is 0 Å². The van der Waals surface area contributed by atoms with Gasteiger partial charge < -0.3 is 10.4 Å². The summed E-state index contributed by atoms with van der Waals surface area (Å²) in [6.45, 7) is 6.23. The molecular formula is C20H19N3O2. The van der Waals surface area contributed by atoms with E-state index in [9.17, 15) is 4.79 Å². The highest BCUT2D eigenvalue weighted by atomic mass is 16.4. The molecule has 0 aliphatic heterocycles. The number of aromatic carboxylic acids is 1. The summed E-state index contributed by atoms with van der Waals surface area (Å²) < 4.78 is 0. The molecule has 3 rings (SSSR count). The Bertz CT molecular complexity index is 894. The molecule has 25 heavy (non-hydrogen) atoms. The van der Waals surface area contributed by atoms with Gasteiger partial charge >= 0.3 is 5.97 Å². The van der Waals surface area contributed by atoms with Crippen molar-refractivity contribution in [1.29, 1.82) is 0 Å². The van der Waals surface area contributed by atoms with Crippen LogP contribution >= 0.6 is 0 Å². The van der Waals surface area contributed by atoms with E-state index in [1.165, 1.54) is 16.7 Å². The first-order valence-electron chi connectivity index (χ1n) is 7.96. The molecule has 5 heteroatoms. The van der Waals surface area contributed by atoms with Crippen molar-refractivity contribution in [3.8, 4) is 11.3 Å². The van der Waals surface area contributed by atoms with Crippen molar-refractivity contribution in [2.24, 2.45) is 0 Å². The molecule has 3 aromatic rings. The lowest BCUT2D eigenvalue weighted by Gasteiger charge is -2.11. The molecule has 1 heterocycles. The third kappa shape index (κ3) is 3.66. The second kappa shape index (κ2) is 6.73. The summed E-state index contributed by atoms with van der Waals surface area (Å²) in [5, 5.41) is 20.6. The van der Waals surface area contributed by atoms with Gasteiger partial charge in [0.15, 0.2) is 5.82 Å². The number of anilines is 2. The molecule has 126 valence electrons. The van der Waals surface area contributed by atoms with Crippen LogP contribution in [0.3, 0.4) is 0 Å². The first-order chi connectivity index (χ1) is 11.9. The monoisotopic (exact) mass is 333 g/mol. The molecule has 0 atom stereocenters. The van der Waals surface area contributed by atoms with Gasteiger partial charge in [-0.15, -0.1) is 10.2 Å². The maximum absolute atomic E-state index is 10.9. The Morgan fingerprint density at radius 3 is 2.08 bits per heavy atom. The normalized spacial score (nSPS) is 10.5. The van der Waals surface area contributed by atoms with Crippen LogP contribution in [-0.4, -0.2) is 21.3 Å². The van der Waals surface area contributed by atoms with Crippen LogP contribution in [0.4, 0.5) is 11.5 Å². The van der Waals surface area contributed by atoms with Crippen molar-refractivity contribution >= 4 is 17.5 Å². The molecule has 0 aliphatic rings. The fraction of sp³-hybridized carbons (Fsp3) is 0.150. The summed E-state index contributed by atoms with van der Waals surface area (Å²) in [6, 6.07) is 14.6. The second-order valence-electron chi connectivity index (χ2n) is 6.09. The van der Waals surface area contributed by atoms with Crippen LogP contribution < -0.4 is 5.32 Å². The first kappa shape index (κ1) is 16.6. The molecule has 0 amide bonds. The van der Waals surface area contributed by atoms with E-state index >= 15 is 0 Å². The van der Waals surface area contributed by atoms with Crippen molar-refractivity contribution in [3.63, 3.8) is 0 Å². The average Bonchev–Trinajstić information content (AvgIpc) is 2.56. The van der Waals surface area contributed by atoms with Gasteiger partial charge in [0, 0.05) is 11.3 Å². The van der Waals surface area contributed by atoms with Crippen LogP contribution in [0.1, 0.15) is 27.0 Å². The number of nitrogens with one attached hydrogen (secondary N) is 1. The molecule has 0 spiro atoms. The van der Waals surface area contributed by atoms with Gasteiger partial charge in [-0.25, -0.2) is 4.79 Å². The zero-order valence-corrected chi connectivity index (χ0v) is 14.4. The van der Waals surface area contributed by atoms with Gasteiger partial charge in [0.05, 0.1) is 11.3 Å². The number of hydrogen-bond acceptors (Lipinski definition) is 4. The zero-order valence-electron chi connectivity index (χ0n) is 14.4. The van der Waals surface area contributed by atoms with E-state index in [4.69, 9.17) is 5.11 Å². The number of rotatable bonds is 4. The van der Waals surface area contributed by atoms with Gasteiger partial charge in [-0.1, -0.05) is 17.7 Å². The minimum absolute atomic E-state index is 0.248. The van der Waals surface area contributed by atoms with Gasteiger partial charge in [0.25, 0.3) is 0 Å². The number of benzene rings is 2. The number of hydrogen-bond donors (Lipinski definition) is 2. The third-order valence-corrected chi connectivity index (χ3v) is 4.00. The molecule has 0 unspecified atom stereocenters. The zero-order chi connectivity index (χ0) is 18.0. The Kier molecular flexibility index (Phi) is 4.48. The summed E-state index contributed by atoms with van der Waals surface area (Å²) in [7, 11) is 0. The molecule has 0 saturated heterocycles. The molecule has 0 bridgehead atoms. The Labute approximate surface area is 146 Å². The summed E-state index contributed by atoms with van der Waals surface area (Å²) in [5.41, 5.74) is 6.53. The molecule has 1 aromatic heterocycles. The van der Waals surface area contributed by atoms with E-state index in [-0.39, 0.29) is 5.56 Å². The quantitative estimate of drug-likeness (QED) is 0.734. The van der Waals surface area contributed by atoms with Gasteiger partial charge in [-0.2, -0.15) is 0 Å². The van der Waals surface area contributed by atoms with Gasteiger partial charge in [-0.3, -0.25) is 0 Å². The number of carboxylic acid groups (broad SMARTS) is 1. The maximum Gasteiger partial charge on any atom is 0.335 e. The summed E-state index contributed by atoms with van der Waals surface area (Å²) in [4.78, 5) is 10.9. The van der Waals surface area contributed by atoms with Gasteiger partial charge in [0.1, 0.15) is 0 Å². The molecule has 0 radical (unpaired) electrons. The summed E-state index contributed by atoms with van der Waals surface area (Å²) >= 11 is 0. The lowest BCUT2D eigenvalue weighted by Crippen LogP contribution is -1.99. The molecule has 0 aliphatic carbocycles. The SMILES string of the molecule is Cc1cc(C)c(-c2ccc(Nc3ccc(C(=O)O)cc3)nn2)c(C)c1. The van der Waals surface area contributed by atoms with Crippen molar-refractivity contribution in [2.45, 2.75) is 20.8 Å². The fourth-order valence-electron chi connectivity index (χ4n) is 2.96. The van der Waals surface area contributed by atoms with E-state index < -0.39 is 5.97 Å². The van der Waals surface area contributed by atoms with Crippen molar-refractivity contribution in [2.75, 3.05) is 5.32 Å². The highest BCUT2D eigenvalue weighted by Gasteiger charge is 2.09. The summed E-state index contributed by atoms with van der Waals surface area (Å²) in [6.07, 6.45) is 0. The number of carbonyl (C=O) groups is 1. The fourth-order valence-corrected chi connectivity index (χ4v) is 2.96. The van der Waals surface area contributed by atoms with Crippen LogP contribution in [0.25, 0.3) is 11.3 Å². The van der Waals surface area contributed by atoms with Crippen molar-refractivity contribution in [1.82, 2.24) is 10.2 Å². The molecular weight excluding hydrogens is 314 g/mol.